The van der Waals surface area contributed by atoms with Crippen molar-refractivity contribution in [2.45, 2.75) is 73.1 Å². The molecule has 0 aromatic carbocycles. The molecule has 13 heavy (non-hydrogen) atoms. The summed E-state index contributed by atoms with van der Waals surface area (Å²) >= 11 is 0. The van der Waals surface area contributed by atoms with Crippen molar-refractivity contribution in [1.29, 1.82) is 0 Å². The van der Waals surface area contributed by atoms with Crippen molar-refractivity contribution in [2.24, 2.45) is 11.3 Å². The first-order valence-electron chi connectivity index (χ1n) is 6.02. The van der Waals surface area contributed by atoms with Gasteiger partial charge in [0.15, 0.2) is 0 Å². The third-order valence-corrected chi connectivity index (χ3v) is 2.89. The van der Waals surface area contributed by atoms with Crippen LogP contribution in [0.4, 0.5) is 0 Å². The molecule has 0 fully saturated rings. The highest BCUT2D eigenvalue weighted by atomic mass is 14.2. The predicted octanol–water partition coefficient (Wildman–Crippen LogP) is 5.03. The van der Waals surface area contributed by atoms with Crippen LogP contribution >= 0.6 is 0 Å². The maximum atomic E-state index is 2.43. The largest absolute Gasteiger partial charge is 0.0654 e. The van der Waals surface area contributed by atoms with Gasteiger partial charge in [-0.15, -0.1) is 0 Å². The molecule has 0 spiro atoms. The van der Waals surface area contributed by atoms with Gasteiger partial charge in [-0.05, 0) is 24.2 Å². The molecule has 0 bridgehead atoms. The normalized spacial score (nSPS) is 14.5. The monoisotopic (exact) mass is 184 g/mol. The van der Waals surface area contributed by atoms with Crippen LogP contribution in [0.1, 0.15) is 73.1 Å². The van der Waals surface area contributed by atoms with E-state index in [1.54, 1.807) is 0 Å². The molecule has 1 atom stereocenters. The molecule has 0 saturated heterocycles. The van der Waals surface area contributed by atoms with E-state index in [9.17, 15) is 0 Å². The van der Waals surface area contributed by atoms with Crippen LogP contribution in [0.3, 0.4) is 0 Å². The Balaban J connectivity index is 3.71. The second kappa shape index (κ2) is 6.45. The van der Waals surface area contributed by atoms with Crippen LogP contribution in [0.25, 0.3) is 0 Å². The molecule has 0 aliphatic heterocycles. The van der Waals surface area contributed by atoms with E-state index >= 15 is 0 Å². The lowest BCUT2D eigenvalue weighted by atomic mass is 9.78. The fraction of sp³-hybridized carbons (Fsp3) is 1.00. The van der Waals surface area contributed by atoms with Crippen molar-refractivity contribution in [2.75, 3.05) is 0 Å². The van der Waals surface area contributed by atoms with Gasteiger partial charge in [0.25, 0.3) is 0 Å². The minimum absolute atomic E-state index is 0.574. The molecule has 0 heterocycles. The Morgan fingerprint density at radius 1 is 1.08 bits per heavy atom. The molecule has 0 amide bonds. The fourth-order valence-electron chi connectivity index (χ4n) is 2.30. The van der Waals surface area contributed by atoms with Crippen LogP contribution < -0.4 is 0 Å². The van der Waals surface area contributed by atoms with Gasteiger partial charge in [-0.3, -0.25) is 0 Å². The molecule has 0 aliphatic carbocycles. The van der Waals surface area contributed by atoms with Crippen LogP contribution in [0, 0.1) is 11.3 Å². The van der Waals surface area contributed by atoms with Gasteiger partial charge in [0.1, 0.15) is 0 Å². The zero-order valence-corrected chi connectivity index (χ0v) is 10.3. The van der Waals surface area contributed by atoms with Gasteiger partial charge in [-0.1, -0.05) is 60.3 Å². The van der Waals surface area contributed by atoms with E-state index in [1.807, 2.05) is 0 Å². The van der Waals surface area contributed by atoms with Gasteiger partial charge in [-0.25, -0.2) is 0 Å². The van der Waals surface area contributed by atoms with E-state index in [4.69, 9.17) is 0 Å². The van der Waals surface area contributed by atoms with Gasteiger partial charge < -0.3 is 0 Å². The van der Waals surface area contributed by atoms with Crippen LogP contribution in [0.2, 0.25) is 0 Å². The molecule has 1 unspecified atom stereocenters. The van der Waals surface area contributed by atoms with Gasteiger partial charge in [0.05, 0.1) is 0 Å². The molecule has 0 aromatic rings. The molecule has 0 heteroatoms. The van der Waals surface area contributed by atoms with Gasteiger partial charge in [0, 0.05) is 0 Å². The molecule has 0 nitrogen and oxygen atoms in total. The standard InChI is InChI=1S/C13H28/c1-6-8-10-13(4,5)11-12(3)9-7-2/h12H,6-11H2,1-5H3. The summed E-state index contributed by atoms with van der Waals surface area (Å²) in [6.07, 6.45) is 8.27. The van der Waals surface area contributed by atoms with Crippen LogP contribution in [-0.2, 0) is 0 Å². The lowest BCUT2D eigenvalue weighted by molar-refractivity contribution is 0.242. The smallest absolute Gasteiger partial charge is 0.0352 e. The highest BCUT2D eigenvalue weighted by Gasteiger charge is 2.19. The SMILES string of the molecule is CCCCC(C)(C)CC(C)CCC. The third kappa shape index (κ3) is 7.10. The van der Waals surface area contributed by atoms with Crippen molar-refractivity contribution >= 4 is 0 Å². The van der Waals surface area contributed by atoms with Crippen molar-refractivity contribution in [3.8, 4) is 0 Å². The number of rotatable bonds is 7. The molecule has 0 aromatic heterocycles. The average molecular weight is 184 g/mol. The Bertz CT molecular complexity index is 113. The lowest BCUT2D eigenvalue weighted by Crippen LogP contribution is -2.15. The molecule has 0 N–H and O–H groups in total. The Hall–Kier alpha value is 0. The second-order valence-corrected chi connectivity index (χ2v) is 5.37. The summed E-state index contributed by atoms with van der Waals surface area (Å²) in [6, 6.07) is 0. The second-order valence-electron chi connectivity index (χ2n) is 5.37. The summed E-state index contributed by atoms with van der Waals surface area (Å²) in [5.74, 6) is 0.914. The molecule has 80 valence electrons. The summed E-state index contributed by atoms with van der Waals surface area (Å²) in [5.41, 5.74) is 0.574. The first-order chi connectivity index (χ1) is 6.02. The number of hydrogen-bond donors (Lipinski definition) is 0. The Labute approximate surface area is 85.1 Å². The zero-order chi connectivity index (χ0) is 10.3. The van der Waals surface area contributed by atoms with Crippen molar-refractivity contribution < 1.29 is 0 Å². The summed E-state index contributed by atoms with van der Waals surface area (Å²) in [5, 5.41) is 0. The van der Waals surface area contributed by atoms with E-state index in [2.05, 4.69) is 34.6 Å². The third-order valence-electron chi connectivity index (χ3n) is 2.89. The average Bonchev–Trinajstić information content (AvgIpc) is 2.00. The molecule has 0 aliphatic rings. The first-order valence-corrected chi connectivity index (χ1v) is 6.02. The first kappa shape index (κ1) is 13.0. The Morgan fingerprint density at radius 3 is 2.15 bits per heavy atom. The predicted molar refractivity (Wildman–Crippen MR) is 62.0 cm³/mol. The van der Waals surface area contributed by atoms with E-state index in [0.717, 1.165) is 5.92 Å². The maximum Gasteiger partial charge on any atom is -0.0352 e. The van der Waals surface area contributed by atoms with Crippen molar-refractivity contribution in [1.82, 2.24) is 0 Å². The van der Waals surface area contributed by atoms with Crippen molar-refractivity contribution in [3.63, 3.8) is 0 Å². The van der Waals surface area contributed by atoms with Crippen LogP contribution in [0.15, 0.2) is 0 Å². The summed E-state index contributed by atoms with van der Waals surface area (Å²) in [6.45, 7) is 11.8. The quantitative estimate of drug-likeness (QED) is 0.520. The van der Waals surface area contributed by atoms with E-state index < -0.39 is 0 Å². The summed E-state index contributed by atoms with van der Waals surface area (Å²) < 4.78 is 0. The van der Waals surface area contributed by atoms with Crippen LogP contribution in [-0.4, -0.2) is 0 Å². The van der Waals surface area contributed by atoms with Crippen LogP contribution in [0.5, 0.6) is 0 Å². The van der Waals surface area contributed by atoms with Crippen molar-refractivity contribution in [3.05, 3.63) is 0 Å². The Morgan fingerprint density at radius 2 is 1.69 bits per heavy atom. The fourth-order valence-corrected chi connectivity index (χ4v) is 2.30. The minimum atomic E-state index is 0.574. The number of unbranched alkanes of at least 4 members (excludes halogenated alkanes) is 1. The molecular formula is C13H28. The van der Waals surface area contributed by atoms with Gasteiger partial charge in [-0.2, -0.15) is 0 Å². The van der Waals surface area contributed by atoms with Gasteiger partial charge in [0.2, 0.25) is 0 Å². The van der Waals surface area contributed by atoms with E-state index in [1.165, 1.54) is 38.5 Å². The maximum absolute atomic E-state index is 2.43. The topological polar surface area (TPSA) is 0 Å². The zero-order valence-electron chi connectivity index (χ0n) is 10.3. The lowest BCUT2D eigenvalue weighted by Gasteiger charge is -2.27. The molecule has 0 radical (unpaired) electrons. The van der Waals surface area contributed by atoms with E-state index in [0.29, 0.717) is 5.41 Å². The molecule has 0 rings (SSSR count). The highest BCUT2D eigenvalue weighted by molar-refractivity contribution is 4.71. The summed E-state index contributed by atoms with van der Waals surface area (Å²) in [7, 11) is 0. The Kier molecular flexibility index (Phi) is 6.45. The van der Waals surface area contributed by atoms with Gasteiger partial charge >= 0.3 is 0 Å². The highest BCUT2D eigenvalue weighted by Crippen LogP contribution is 2.32. The molecular weight excluding hydrogens is 156 g/mol. The summed E-state index contributed by atoms with van der Waals surface area (Å²) in [4.78, 5) is 0. The minimum Gasteiger partial charge on any atom is -0.0654 e. The molecule has 0 saturated carbocycles. The van der Waals surface area contributed by atoms with E-state index in [-0.39, 0.29) is 0 Å². The number of hydrogen-bond acceptors (Lipinski definition) is 0.